The molecule has 1 saturated carbocycles. The van der Waals surface area contributed by atoms with Crippen LogP contribution < -0.4 is 4.74 Å². The Bertz CT molecular complexity index is 903. The summed E-state index contributed by atoms with van der Waals surface area (Å²) in [5.41, 5.74) is 2.83. The number of carbonyl (C=O) groups excluding carboxylic acids is 1. The first kappa shape index (κ1) is 20.6. The van der Waals surface area contributed by atoms with E-state index in [-0.39, 0.29) is 12.2 Å². The van der Waals surface area contributed by atoms with Gasteiger partial charge in [-0.25, -0.2) is 14.8 Å². The smallest absolute Gasteiger partial charge is 0.410 e. The molecular weight excluding hydrogens is 380 g/mol. The van der Waals surface area contributed by atoms with Crippen molar-refractivity contribution in [2.45, 2.75) is 53.1 Å². The monoisotopic (exact) mass is 410 g/mol. The van der Waals surface area contributed by atoms with Gasteiger partial charge < -0.3 is 14.4 Å². The summed E-state index contributed by atoms with van der Waals surface area (Å²) in [6, 6.07) is 3.76. The van der Waals surface area contributed by atoms with Crippen LogP contribution in [0.3, 0.4) is 0 Å². The number of piperidine rings is 1. The Morgan fingerprint density at radius 3 is 2.57 bits per heavy atom. The Balaban J connectivity index is 1.47. The number of rotatable bonds is 5. The molecule has 30 heavy (non-hydrogen) atoms. The highest BCUT2D eigenvalue weighted by Gasteiger charge is 2.44. The zero-order chi connectivity index (χ0) is 21.3. The maximum atomic E-state index is 12.4. The number of hydrogen-bond donors (Lipinski definition) is 0. The lowest BCUT2D eigenvalue weighted by molar-refractivity contribution is 0.0468. The highest BCUT2D eigenvalue weighted by molar-refractivity contribution is 5.68. The minimum atomic E-state index is -0.180. The van der Waals surface area contributed by atoms with Gasteiger partial charge in [0.2, 0.25) is 5.88 Å². The van der Waals surface area contributed by atoms with Crippen molar-refractivity contribution in [3.63, 3.8) is 0 Å². The van der Waals surface area contributed by atoms with Gasteiger partial charge in [-0.15, -0.1) is 0 Å². The summed E-state index contributed by atoms with van der Waals surface area (Å²) in [6.45, 7) is 9.27. The van der Waals surface area contributed by atoms with Gasteiger partial charge in [0.05, 0.1) is 17.5 Å². The first-order valence-corrected chi connectivity index (χ1v) is 10.8. The van der Waals surface area contributed by atoms with Crippen molar-refractivity contribution >= 4 is 6.09 Å². The lowest BCUT2D eigenvalue weighted by Crippen LogP contribution is -2.46. The van der Waals surface area contributed by atoms with Gasteiger partial charge in [-0.3, -0.25) is 4.98 Å². The van der Waals surface area contributed by atoms with Gasteiger partial charge in [0.1, 0.15) is 6.33 Å². The van der Waals surface area contributed by atoms with Gasteiger partial charge in [-0.2, -0.15) is 0 Å². The Labute approximate surface area is 177 Å². The molecule has 1 aliphatic heterocycles. The molecule has 2 bridgehead atoms. The van der Waals surface area contributed by atoms with E-state index in [0.717, 1.165) is 49.3 Å². The van der Waals surface area contributed by atoms with Gasteiger partial charge in [-0.1, -0.05) is 0 Å². The third kappa shape index (κ3) is 4.25. The average molecular weight is 411 g/mol. The molecule has 7 heteroatoms. The molecule has 4 rings (SSSR count). The predicted molar refractivity (Wildman–Crippen MR) is 112 cm³/mol. The van der Waals surface area contributed by atoms with Gasteiger partial charge >= 0.3 is 6.09 Å². The van der Waals surface area contributed by atoms with Crippen molar-refractivity contribution < 1.29 is 14.3 Å². The molecule has 0 radical (unpaired) electrons. The zero-order valence-corrected chi connectivity index (χ0v) is 18.2. The number of aromatic nitrogens is 3. The van der Waals surface area contributed by atoms with E-state index >= 15 is 0 Å². The highest BCUT2D eigenvalue weighted by Crippen LogP contribution is 2.44. The fourth-order valence-corrected chi connectivity index (χ4v) is 4.78. The lowest BCUT2D eigenvalue weighted by Gasteiger charge is -2.37. The quantitative estimate of drug-likeness (QED) is 0.730. The molecule has 3 heterocycles. The topological polar surface area (TPSA) is 77.4 Å². The number of aryl methyl sites for hydroxylation is 1. The fourth-order valence-electron chi connectivity index (χ4n) is 4.78. The third-order valence-corrected chi connectivity index (χ3v) is 6.36. The summed E-state index contributed by atoms with van der Waals surface area (Å²) < 4.78 is 11.5. The molecule has 160 valence electrons. The zero-order valence-electron chi connectivity index (χ0n) is 18.2. The third-order valence-electron chi connectivity index (χ3n) is 6.36. The van der Waals surface area contributed by atoms with E-state index in [1.165, 1.54) is 0 Å². The molecule has 0 spiro atoms. The van der Waals surface area contributed by atoms with Crippen molar-refractivity contribution in [1.82, 2.24) is 19.9 Å². The second kappa shape index (κ2) is 8.58. The summed E-state index contributed by atoms with van der Waals surface area (Å²) in [5, 5.41) is 0. The minimum Gasteiger partial charge on any atom is -0.447 e. The van der Waals surface area contributed by atoms with E-state index < -0.39 is 0 Å². The molecule has 0 aromatic carbocycles. The molecule has 1 aliphatic carbocycles. The standard InChI is InChI=1S/C23H30N4O3/c1-14(2)29-23(28)27-11-17-7-8-18(12-27)19(17)10-20-15(3)22(26-13-25-20)30-21-6-5-9-24-16(21)4/h5-6,9,13-14,17-19H,7-8,10-12H2,1-4H3. The summed E-state index contributed by atoms with van der Waals surface area (Å²) >= 11 is 0. The van der Waals surface area contributed by atoms with Crippen molar-refractivity contribution in [2.75, 3.05) is 13.1 Å². The number of nitrogens with zero attached hydrogens (tertiary/aromatic N) is 4. The molecule has 2 aliphatic rings. The van der Waals surface area contributed by atoms with E-state index in [0.29, 0.717) is 29.4 Å². The Morgan fingerprint density at radius 2 is 1.90 bits per heavy atom. The number of fused-ring (bicyclic) bond motifs is 2. The SMILES string of the molecule is Cc1ncccc1Oc1ncnc(CC2C3CCC2CN(C(=O)OC(C)C)C3)c1C. The Kier molecular flexibility index (Phi) is 5.88. The van der Waals surface area contributed by atoms with E-state index in [1.54, 1.807) is 12.5 Å². The van der Waals surface area contributed by atoms with Gasteiger partial charge in [-0.05, 0) is 76.8 Å². The number of amides is 1. The van der Waals surface area contributed by atoms with Crippen LogP contribution in [0.1, 0.15) is 43.6 Å². The number of pyridine rings is 1. The Hall–Kier alpha value is -2.70. The van der Waals surface area contributed by atoms with Gasteiger partial charge in [0.25, 0.3) is 0 Å². The van der Waals surface area contributed by atoms with Crippen LogP contribution in [0.25, 0.3) is 0 Å². The largest absolute Gasteiger partial charge is 0.447 e. The molecule has 1 amide bonds. The first-order valence-electron chi connectivity index (χ1n) is 10.8. The molecule has 7 nitrogen and oxygen atoms in total. The normalized spacial score (nSPS) is 23.0. The Morgan fingerprint density at radius 1 is 1.17 bits per heavy atom. The van der Waals surface area contributed by atoms with Crippen molar-refractivity contribution in [3.05, 3.63) is 41.6 Å². The van der Waals surface area contributed by atoms with Crippen LogP contribution >= 0.6 is 0 Å². The van der Waals surface area contributed by atoms with E-state index in [1.807, 2.05) is 44.7 Å². The average Bonchev–Trinajstić information content (AvgIpc) is 2.93. The van der Waals surface area contributed by atoms with Gasteiger partial charge in [0.15, 0.2) is 5.75 Å². The summed E-state index contributed by atoms with van der Waals surface area (Å²) in [4.78, 5) is 27.5. The van der Waals surface area contributed by atoms with Gasteiger partial charge in [0, 0.05) is 24.8 Å². The predicted octanol–water partition coefficient (Wildman–Crippen LogP) is 4.33. The molecular formula is C23H30N4O3. The van der Waals surface area contributed by atoms with Crippen LogP contribution in [-0.2, 0) is 11.2 Å². The lowest BCUT2D eigenvalue weighted by atomic mass is 9.81. The fraction of sp³-hybridized carbons (Fsp3) is 0.565. The van der Waals surface area contributed by atoms with E-state index in [2.05, 4.69) is 15.0 Å². The summed E-state index contributed by atoms with van der Waals surface area (Å²) in [7, 11) is 0. The van der Waals surface area contributed by atoms with Crippen LogP contribution in [0.4, 0.5) is 4.79 Å². The van der Waals surface area contributed by atoms with Crippen LogP contribution in [-0.4, -0.2) is 45.1 Å². The van der Waals surface area contributed by atoms with E-state index in [4.69, 9.17) is 9.47 Å². The molecule has 2 atom stereocenters. The summed E-state index contributed by atoms with van der Waals surface area (Å²) in [6.07, 6.45) is 6.27. The van der Waals surface area contributed by atoms with E-state index in [9.17, 15) is 4.79 Å². The van der Waals surface area contributed by atoms with Crippen LogP contribution in [0.5, 0.6) is 11.6 Å². The van der Waals surface area contributed by atoms with Crippen LogP contribution in [0, 0.1) is 31.6 Å². The molecule has 2 aromatic heterocycles. The maximum Gasteiger partial charge on any atom is 0.410 e. The second-order valence-corrected chi connectivity index (χ2v) is 8.74. The van der Waals surface area contributed by atoms with Crippen molar-refractivity contribution in [2.24, 2.45) is 17.8 Å². The van der Waals surface area contributed by atoms with Crippen molar-refractivity contribution in [1.29, 1.82) is 0 Å². The molecule has 2 aromatic rings. The number of likely N-dealkylation sites (tertiary alicyclic amines) is 1. The molecule has 1 saturated heterocycles. The second-order valence-electron chi connectivity index (χ2n) is 8.74. The number of ether oxygens (including phenoxy) is 2. The number of hydrogen-bond acceptors (Lipinski definition) is 6. The van der Waals surface area contributed by atoms with Crippen molar-refractivity contribution in [3.8, 4) is 11.6 Å². The van der Waals surface area contributed by atoms with Crippen LogP contribution in [0.15, 0.2) is 24.7 Å². The highest BCUT2D eigenvalue weighted by atomic mass is 16.6. The maximum absolute atomic E-state index is 12.4. The molecule has 2 fully saturated rings. The summed E-state index contributed by atoms with van der Waals surface area (Å²) in [5.74, 6) is 2.80. The first-order chi connectivity index (χ1) is 14.4. The van der Waals surface area contributed by atoms with Crippen LogP contribution in [0.2, 0.25) is 0 Å². The molecule has 0 N–H and O–H groups in total. The number of carbonyl (C=O) groups is 1. The molecule has 2 unspecified atom stereocenters. The minimum absolute atomic E-state index is 0.0848.